The van der Waals surface area contributed by atoms with Crippen LogP contribution in [0.5, 0.6) is 0 Å². The minimum atomic E-state index is -4.56. The van der Waals surface area contributed by atoms with Crippen molar-refractivity contribution >= 4 is 17.5 Å². The van der Waals surface area contributed by atoms with Gasteiger partial charge < -0.3 is 10.4 Å². The van der Waals surface area contributed by atoms with Crippen molar-refractivity contribution in [3.05, 3.63) is 93.3 Å². The van der Waals surface area contributed by atoms with Gasteiger partial charge in [-0.1, -0.05) is 29.8 Å². The average molecular weight is 413 g/mol. The quantitative estimate of drug-likeness (QED) is 0.778. The molecule has 8 heteroatoms. The van der Waals surface area contributed by atoms with E-state index in [4.69, 9.17) is 0 Å². The van der Waals surface area contributed by atoms with E-state index in [0.29, 0.717) is 0 Å². The highest BCUT2D eigenvalue weighted by molar-refractivity contribution is 6.28. The first-order valence-corrected chi connectivity index (χ1v) is 8.91. The molecular weight excluding hydrogens is 399 g/mol. The van der Waals surface area contributed by atoms with Gasteiger partial charge in [-0.15, -0.1) is 0 Å². The molecule has 0 saturated heterocycles. The van der Waals surface area contributed by atoms with Gasteiger partial charge in [0.25, 0.3) is 0 Å². The first-order chi connectivity index (χ1) is 14.1. The summed E-state index contributed by atoms with van der Waals surface area (Å²) in [4.78, 5) is 38.0. The van der Waals surface area contributed by atoms with Crippen LogP contribution in [-0.2, 0) is 11.0 Å². The molecule has 0 radical (unpaired) electrons. The number of carbonyl (C=O) groups is 3. The molecule has 0 spiro atoms. The Morgan fingerprint density at radius 1 is 1.00 bits per heavy atom. The Morgan fingerprint density at radius 3 is 2.27 bits per heavy atom. The number of carboxylic acid groups (broad SMARTS) is 1. The number of carboxylic acids is 1. The lowest BCUT2D eigenvalue weighted by Gasteiger charge is -2.31. The van der Waals surface area contributed by atoms with Gasteiger partial charge >= 0.3 is 12.1 Å². The van der Waals surface area contributed by atoms with Gasteiger partial charge in [0.1, 0.15) is 0 Å². The summed E-state index contributed by atoms with van der Waals surface area (Å²) in [5.41, 5.74) is -0.0196. The van der Waals surface area contributed by atoms with Crippen molar-refractivity contribution in [1.29, 1.82) is 0 Å². The molecule has 2 N–H and O–H groups in total. The van der Waals surface area contributed by atoms with Crippen LogP contribution in [0.25, 0.3) is 0 Å². The van der Waals surface area contributed by atoms with Crippen molar-refractivity contribution in [1.82, 2.24) is 5.32 Å². The predicted octanol–water partition coefficient (Wildman–Crippen LogP) is 4.00. The zero-order valence-electron chi connectivity index (χ0n) is 15.5. The van der Waals surface area contributed by atoms with Crippen LogP contribution in [0.1, 0.15) is 43.3 Å². The maximum Gasteiger partial charge on any atom is 0.416 e. The molecule has 0 saturated carbocycles. The zero-order chi connectivity index (χ0) is 21.8. The van der Waals surface area contributed by atoms with E-state index in [0.717, 1.165) is 36.0 Å². The summed E-state index contributed by atoms with van der Waals surface area (Å²) in [5.74, 6) is -3.55. The van der Waals surface area contributed by atoms with Gasteiger partial charge in [-0.3, -0.25) is 9.59 Å². The van der Waals surface area contributed by atoms with Gasteiger partial charge in [0.15, 0.2) is 5.78 Å². The molecule has 2 aromatic carbocycles. The molecule has 5 nitrogen and oxygen atoms in total. The van der Waals surface area contributed by atoms with Crippen LogP contribution < -0.4 is 5.32 Å². The number of allylic oxidation sites excluding steroid dienone is 2. The van der Waals surface area contributed by atoms with Crippen LogP contribution in [0.3, 0.4) is 0 Å². The van der Waals surface area contributed by atoms with Crippen molar-refractivity contribution in [3.8, 4) is 0 Å². The summed E-state index contributed by atoms with van der Waals surface area (Å²) in [5, 5.41) is 12.2. The third-order valence-electron chi connectivity index (χ3n) is 5.20. The summed E-state index contributed by atoms with van der Waals surface area (Å²) in [6.07, 6.45) is -3.45. The molecule has 4 rings (SSSR count). The Balaban J connectivity index is 1.89. The average Bonchev–Trinajstić information content (AvgIpc) is 2.70. The lowest BCUT2D eigenvalue weighted by atomic mass is 9.74. The second kappa shape index (κ2) is 6.69. The number of ketones is 2. The minimum Gasteiger partial charge on any atom is -0.478 e. The van der Waals surface area contributed by atoms with E-state index >= 15 is 0 Å². The summed E-state index contributed by atoms with van der Waals surface area (Å²) < 4.78 is 38.8. The number of halogens is 3. The van der Waals surface area contributed by atoms with Crippen molar-refractivity contribution in [2.75, 3.05) is 0 Å². The van der Waals surface area contributed by atoms with Crippen LogP contribution in [0, 0.1) is 6.92 Å². The molecule has 0 bridgehead atoms. The summed E-state index contributed by atoms with van der Waals surface area (Å²) in [6, 6.07) is 8.63. The third kappa shape index (κ3) is 3.01. The zero-order valence-corrected chi connectivity index (χ0v) is 15.5. The number of nitrogens with one attached hydrogen (secondary N) is 1. The van der Waals surface area contributed by atoms with Gasteiger partial charge in [-0.05, 0) is 30.7 Å². The topological polar surface area (TPSA) is 83.5 Å². The lowest BCUT2D eigenvalue weighted by Crippen LogP contribution is -2.36. The van der Waals surface area contributed by atoms with E-state index in [2.05, 4.69) is 5.32 Å². The van der Waals surface area contributed by atoms with Crippen LogP contribution in [0.4, 0.5) is 13.2 Å². The monoisotopic (exact) mass is 413 g/mol. The Kier molecular flexibility index (Phi) is 4.38. The smallest absolute Gasteiger partial charge is 0.416 e. The van der Waals surface area contributed by atoms with Gasteiger partial charge in [0, 0.05) is 28.8 Å². The van der Waals surface area contributed by atoms with E-state index < -0.39 is 35.2 Å². The van der Waals surface area contributed by atoms with E-state index in [9.17, 15) is 32.7 Å². The van der Waals surface area contributed by atoms with Gasteiger partial charge in [-0.25, -0.2) is 4.79 Å². The number of Topliss-reactive ketones (excluding diaryl/α,β-unsaturated/α-hetero) is 2. The van der Waals surface area contributed by atoms with Crippen LogP contribution in [-0.4, -0.2) is 22.6 Å². The number of dihydropyridines is 1. The molecule has 2 aromatic rings. The fraction of sp³-hybridized carbons (Fsp3) is 0.136. The molecule has 2 aliphatic rings. The highest BCUT2D eigenvalue weighted by atomic mass is 19.4. The molecule has 0 fully saturated rings. The third-order valence-corrected chi connectivity index (χ3v) is 5.20. The Morgan fingerprint density at radius 2 is 1.67 bits per heavy atom. The molecule has 0 amide bonds. The van der Waals surface area contributed by atoms with Gasteiger partial charge in [0.05, 0.1) is 16.8 Å². The van der Waals surface area contributed by atoms with Crippen molar-refractivity contribution in [2.24, 2.45) is 0 Å². The fourth-order valence-corrected chi connectivity index (χ4v) is 3.76. The molecule has 30 heavy (non-hydrogen) atoms. The number of hydrogen-bond donors (Lipinski definition) is 2. The maximum atomic E-state index is 13.2. The van der Waals surface area contributed by atoms with Crippen LogP contribution >= 0.6 is 0 Å². The molecule has 152 valence electrons. The standard InChI is InChI=1S/C22H14F3NO4/c1-10-2-7-13-14(8-10)20(28)18-17(19(13)27)16(15(9-26-18)21(29)30)11-3-5-12(6-4-11)22(23,24)25/h2-9,16,26H,1H3,(H,29,30). The van der Waals surface area contributed by atoms with E-state index in [1.54, 1.807) is 19.1 Å². The molecular formula is C22H14F3NO4. The van der Waals surface area contributed by atoms with Crippen molar-refractivity contribution < 1.29 is 32.7 Å². The number of fused-ring (bicyclic) bond motifs is 1. The van der Waals surface area contributed by atoms with Crippen molar-refractivity contribution in [3.63, 3.8) is 0 Å². The number of hydrogen-bond acceptors (Lipinski definition) is 4. The number of aliphatic carboxylic acids is 1. The van der Waals surface area contributed by atoms with Gasteiger partial charge in [0.2, 0.25) is 5.78 Å². The van der Waals surface area contributed by atoms with Crippen molar-refractivity contribution in [2.45, 2.75) is 19.0 Å². The highest BCUT2D eigenvalue weighted by Crippen LogP contribution is 2.42. The molecule has 1 atom stereocenters. The predicted molar refractivity (Wildman–Crippen MR) is 99.9 cm³/mol. The first-order valence-electron chi connectivity index (χ1n) is 8.91. The number of carbonyl (C=O) groups excluding carboxylic acids is 2. The minimum absolute atomic E-state index is 0.0620. The first kappa shape index (κ1) is 19.6. The lowest BCUT2D eigenvalue weighted by molar-refractivity contribution is -0.137. The number of rotatable bonds is 2. The maximum absolute atomic E-state index is 13.2. The summed E-state index contributed by atoms with van der Waals surface area (Å²) >= 11 is 0. The Bertz CT molecular complexity index is 1170. The number of aryl methyl sites for hydroxylation is 1. The summed E-state index contributed by atoms with van der Waals surface area (Å²) in [6.45, 7) is 1.77. The molecule has 0 aromatic heterocycles. The number of alkyl halides is 3. The Hall–Kier alpha value is -3.68. The molecule has 1 aliphatic carbocycles. The van der Waals surface area contributed by atoms with E-state index in [1.807, 2.05) is 0 Å². The second-order valence-electron chi connectivity index (χ2n) is 7.10. The number of benzene rings is 2. The highest BCUT2D eigenvalue weighted by Gasteiger charge is 2.42. The normalized spacial score (nSPS) is 18.4. The second-order valence-corrected chi connectivity index (χ2v) is 7.10. The Labute approximate surface area is 168 Å². The SMILES string of the molecule is Cc1ccc2c(c1)C(=O)C1=C(C2=O)C(c2ccc(C(F)(F)F)cc2)C(C(=O)O)=CN1. The van der Waals surface area contributed by atoms with Gasteiger partial charge in [-0.2, -0.15) is 13.2 Å². The molecule has 1 aliphatic heterocycles. The molecule has 1 heterocycles. The van der Waals surface area contributed by atoms with E-state index in [-0.39, 0.29) is 33.5 Å². The van der Waals surface area contributed by atoms with Crippen LogP contribution in [0.2, 0.25) is 0 Å². The van der Waals surface area contributed by atoms with Crippen LogP contribution in [0.15, 0.2) is 65.5 Å². The summed E-state index contributed by atoms with van der Waals surface area (Å²) in [7, 11) is 0. The largest absolute Gasteiger partial charge is 0.478 e. The fourth-order valence-electron chi connectivity index (χ4n) is 3.76. The molecule has 1 unspecified atom stereocenters. The van der Waals surface area contributed by atoms with E-state index in [1.165, 1.54) is 6.07 Å².